The Kier molecular flexibility index (Phi) is 33.5. The summed E-state index contributed by atoms with van der Waals surface area (Å²) < 4.78 is 23.6. The molecule has 0 saturated heterocycles. The lowest BCUT2D eigenvalue weighted by atomic mass is 10.1. The first-order valence-electron chi connectivity index (χ1n) is 30.0. The first-order valence-corrected chi connectivity index (χ1v) is 30.0. The number of carbonyl (C=O) groups excluding carboxylic acids is 8. The highest BCUT2D eigenvalue weighted by atomic mass is 16.5. The number of hydrogen-bond acceptors (Lipinski definition) is 17. The van der Waals surface area contributed by atoms with Crippen molar-refractivity contribution < 1.29 is 57.3 Å². The molecule has 0 saturated carbocycles. The summed E-state index contributed by atoms with van der Waals surface area (Å²) >= 11 is 0. The van der Waals surface area contributed by atoms with Crippen molar-refractivity contribution in [3.05, 3.63) is 137 Å². The van der Waals surface area contributed by atoms with E-state index in [4.69, 9.17) is 18.9 Å². The van der Waals surface area contributed by atoms with Gasteiger partial charge in [-0.05, 0) is 118 Å². The minimum atomic E-state index is -0.421. The average molecular weight is 1230 g/mol. The van der Waals surface area contributed by atoms with Crippen molar-refractivity contribution in [3.8, 4) is 23.0 Å². The van der Waals surface area contributed by atoms with Crippen LogP contribution < -0.4 is 60.6 Å². The summed E-state index contributed by atoms with van der Waals surface area (Å²) in [6.45, 7) is 13.5. The maximum Gasteiger partial charge on any atom is 0.246 e. The van der Waals surface area contributed by atoms with Gasteiger partial charge in [0.1, 0.15) is 25.8 Å². The number of nitrogens with one attached hydrogen (secondary N) is 6. The molecular weight excluding hydrogens is 1130 g/mol. The van der Waals surface area contributed by atoms with Crippen LogP contribution in [0.4, 0.5) is 28.4 Å². The third-order valence-corrected chi connectivity index (χ3v) is 14.5. The number of hydrogen-bond donors (Lipinski definition) is 6. The highest BCUT2D eigenvalue weighted by molar-refractivity contribution is 5.95. The zero-order valence-corrected chi connectivity index (χ0v) is 54.0. The lowest BCUT2D eigenvalue weighted by Crippen LogP contribution is -2.35. The van der Waals surface area contributed by atoms with Crippen molar-refractivity contribution in [1.82, 2.24) is 20.9 Å². The molecular formula is C68H93N9O12. The van der Waals surface area contributed by atoms with Crippen LogP contribution in [-0.4, -0.2) is 147 Å². The highest BCUT2D eigenvalue weighted by Crippen LogP contribution is 2.37. The maximum atomic E-state index is 12.8. The van der Waals surface area contributed by atoms with Crippen LogP contribution >= 0.6 is 0 Å². The van der Waals surface area contributed by atoms with Gasteiger partial charge in [0.25, 0.3) is 0 Å². The van der Waals surface area contributed by atoms with E-state index in [2.05, 4.69) is 106 Å². The molecule has 0 aromatic heterocycles. The normalized spacial score (nSPS) is 13.8. The number of para-hydroxylation sites is 2. The Bertz CT molecular complexity index is 3100. The number of ether oxygens (including phenoxy) is 4. The van der Waals surface area contributed by atoms with Gasteiger partial charge < -0.3 is 70.3 Å². The summed E-state index contributed by atoms with van der Waals surface area (Å²) in [4.78, 5) is 94.4. The monoisotopic (exact) mass is 1230 g/mol. The second kappa shape index (κ2) is 40.3. The number of allylic oxidation sites excluding steroid dienone is 1. The van der Waals surface area contributed by atoms with Gasteiger partial charge >= 0.3 is 0 Å². The van der Waals surface area contributed by atoms with Crippen LogP contribution in [0.25, 0.3) is 0 Å². The second-order valence-corrected chi connectivity index (χ2v) is 20.8. The van der Waals surface area contributed by atoms with Crippen molar-refractivity contribution in [2.45, 2.75) is 117 Å². The number of benzene rings is 5. The van der Waals surface area contributed by atoms with Gasteiger partial charge in [0.15, 0.2) is 35.6 Å². The van der Waals surface area contributed by atoms with E-state index < -0.39 is 6.04 Å². The summed E-state index contributed by atoms with van der Waals surface area (Å²) in [6, 6.07) is 29.4. The minimum Gasteiger partial charge on any atom is -0.493 e. The van der Waals surface area contributed by atoms with E-state index in [1.54, 1.807) is 59.3 Å². The summed E-state index contributed by atoms with van der Waals surface area (Å²) in [6.07, 6.45) is 11.4. The highest BCUT2D eigenvalue weighted by Gasteiger charge is 2.27. The number of anilines is 5. The molecule has 2 heterocycles. The van der Waals surface area contributed by atoms with Crippen LogP contribution in [-0.2, 0) is 54.8 Å². The smallest absolute Gasteiger partial charge is 0.246 e. The van der Waals surface area contributed by atoms with E-state index in [-0.39, 0.29) is 43.0 Å². The van der Waals surface area contributed by atoms with Crippen LogP contribution in [0.1, 0.15) is 110 Å². The Hall–Kier alpha value is -9.24. The molecule has 2 aliphatic heterocycles. The molecule has 0 aliphatic carbocycles. The van der Waals surface area contributed by atoms with Gasteiger partial charge in [-0.1, -0.05) is 70.0 Å². The van der Waals surface area contributed by atoms with Gasteiger partial charge in [0, 0.05) is 118 Å². The molecule has 5 aromatic rings. The fourth-order valence-electron chi connectivity index (χ4n) is 9.28. The number of rotatable bonds is 29. The third-order valence-electron chi connectivity index (χ3n) is 14.5. The van der Waals surface area contributed by atoms with E-state index >= 15 is 0 Å². The molecule has 4 amide bonds. The molecule has 0 fully saturated rings. The van der Waals surface area contributed by atoms with Gasteiger partial charge in [-0.3, -0.25) is 33.6 Å². The topological polar surface area (TPSA) is 255 Å². The number of amides is 4. The van der Waals surface area contributed by atoms with Crippen molar-refractivity contribution in [1.29, 1.82) is 0 Å². The number of methoxy groups -OCH3 is 2. The van der Waals surface area contributed by atoms with Crippen LogP contribution in [0.5, 0.6) is 23.0 Å². The Morgan fingerprint density at radius 3 is 1.80 bits per heavy atom. The number of aldehydes is 4. The number of unbranched alkanes of at least 4 members (excludes halogenated alkanes) is 2. The molecule has 6 N–H and O–H groups in total. The van der Waals surface area contributed by atoms with E-state index in [9.17, 15) is 38.4 Å². The van der Waals surface area contributed by atoms with E-state index in [0.717, 1.165) is 61.7 Å². The van der Waals surface area contributed by atoms with Crippen LogP contribution in [0, 0.1) is 0 Å². The molecule has 4 atom stereocenters. The lowest BCUT2D eigenvalue weighted by Gasteiger charge is -2.24. The van der Waals surface area contributed by atoms with Crippen molar-refractivity contribution in [2.24, 2.45) is 0 Å². The van der Waals surface area contributed by atoms with Gasteiger partial charge in [-0.25, -0.2) is 0 Å². The van der Waals surface area contributed by atoms with E-state index in [0.29, 0.717) is 96.0 Å². The van der Waals surface area contributed by atoms with Crippen LogP contribution in [0.2, 0.25) is 0 Å². The second-order valence-electron chi connectivity index (χ2n) is 20.8. The number of nitrogens with zero attached hydrogens (tertiary/aromatic N) is 3. The Labute approximate surface area is 525 Å². The molecule has 0 radical (unpaired) electrons. The van der Waals surface area contributed by atoms with E-state index in [1.165, 1.54) is 54.1 Å². The predicted octanol–water partition coefficient (Wildman–Crippen LogP) is 8.86. The Balaban J connectivity index is 0.000000435. The van der Waals surface area contributed by atoms with Crippen molar-refractivity contribution in [3.63, 3.8) is 0 Å². The molecule has 89 heavy (non-hydrogen) atoms. The first-order chi connectivity index (χ1) is 42.9. The number of fused-ring (bicyclic) bond motifs is 2. The molecule has 0 bridgehead atoms. The van der Waals surface area contributed by atoms with Crippen LogP contribution in [0.3, 0.4) is 0 Å². The Morgan fingerprint density at radius 2 is 1.29 bits per heavy atom. The zero-order chi connectivity index (χ0) is 65.8. The largest absolute Gasteiger partial charge is 0.493 e. The molecule has 0 spiro atoms. The maximum absolute atomic E-state index is 12.8. The van der Waals surface area contributed by atoms with Gasteiger partial charge in [0.2, 0.25) is 24.1 Å². The molecule has 482 valence electrons. The standard InChI is InChI=1S/C39H45N5O7.C10H13N.C9H17NO2.C8H12N2O3.C2H6/c1-24(40-2)39(47)43-30-12-25(22-50-37-17-32(41-3)28(20-45)15-35(37)48-5)11-26(13-30)23-51-38-18-33(29(21-46)16-36(38)49-6)42-19-31-14-27-9-7-8-10-34(27)44(31)4;1-8-7-9-5-3-4-6-10(9)11(8)2;1-3-4-5-6-9(12)10-8(2)7-11;1-10(5-4-9-7-12)8(13)3-2-6-11;1-2/h7-13,15-18,20-21,24,31,40-42H,14,19,22-23H2,1-6H3,(H,43,47);3-6,8H,7H2,1-2H3;7-8H,3-6H2,1-2H3,(H,10,12);2-3,6-7H,4-5H2,1H3,(H,9,12);1-2H3/b;;;3-2-;/t;2*8-;;/m.10../s1. The number of likely N-dealkylation sites (N-methyl/N-ethyl adjacent to an activating group) is 4. The van der Waals surface area contributed by atoms with E-state index in [1.807, 2.05) is 44.2 Å². The van der Waals surface area contributed by atoms with Crippen molar-refractivity contribution >= 4 is 77.7 Å². The summed E-state index contributed by atoms with van der Waals surface area (Å²) in [5.74, 6) is 1.22. The molecule has 7 rings (SSSR count). The van der Waals surface area contributed by atoms with Crippen molar-refractivity contribution in [2.75, 3.05) is 94.8 Å². The average Bonchev–Trinajstić information content (AvgIpc) is 2.18. The summed E-state index contributed by atoms with van der Waals surface area (Å²) in [5, 5.41) is 17.4. The van der Waals surface area contributed by atoms with Gasteiger partial charge in [0.05, 0.1) is 32.3 Å². The fourth-order valence-corrected chi connectivity index (χ4v) is 9.28. The molecule has 2 aliphatic rings. The number of carbonyl (C=O) groups is 8. The first kappa shape index (κ1) is 74.0. The lowest BCUT2D eigenvalue weighted by molar-refractivity contribution is -0.125. The quantitative estimate of drug-likeness (QED) is 0.0148. The fraction of sp³-hybridized carbons (Fsp3) is 0.412. The minimum absolute atomic E-state index is 0.0250. The molecule has 21 heteroatoms. The molecule has 5 aromatic carbocycles. The summed E-state index contributed by atoms with van der Waals surface area (Å²) in [5.41, 5.74) is 9.59. The summed E-state index contributed by atoms with van der Waals surface area (Å²) in [7, 11) is 12.3. The molecule has 21 nitrogen and oxygen atoms in total. The predicted molar refractivity (Wildman–Crippen MR) is 353 cm³/mol. The van der Waals surface area contributed by atoms with Gasteiger partial charge in [-0.15, -0.1) is 0 Å². The zero-order valence-electron chi connectivity index (χ0n) is 54.0. The SMILES string of the molecule is CC.CCCCCC(=O)N[C@@H](C)C=O.CN(CCNC=O)C(=O)/C=C\C=O.CNc1cc(OCc2cc(COc3cc(NCC4Cc5ccccc5N4C)c(C=O)cc3OC)cc(NC(=O)C(C)NC)c2)c(OC)cc1C=O.C[C@@H]1Cc2ccccc2N1C. The van der Waals surface area contributed by atoms with Gasteiger partial charge in [-0.2, -0.15) is 0 Å². The van der Waals surface area contributed by atoms with Crippen LogP contribution in [0.15, 0.2) is 103 Å². The Morgan fingerprint density at radius 1 is 0.730 bits per heavy atom. The third kappa shape index (κ3) is 23.8. The molecule has 2 unspecified atom stereocenters.